The van der Waals surface area contributed by atoms with Gasteiger partial charge in [-0.15, -0.1) is 11.3 Å². The third-order valence-corrected chi connectivity index (χ3v) is 6.72. The van der Waals surface area contributed by atoms with Crippen LogP contribution in [0.5, 0.6) is 0 Å². The van der Waals surface area contributed by atoms with Crippen LogP contribution in [0.3, 0.4) is 0 Å². The first-order valence-corrected chi connectivity index (χ1v) is 11.8. The van der Waals surface area contributed by atoms with Crippen LogP contribution in [-0.4, -0.2) is 56.1 Å². The number of rotatable bonds is 6. The molecular formula is C21H19ClF3N7O3S. The molecule has 1 aliphatic heterocycles. The minimum atomic E-state index is -4.70. The van der Waals surface area contributed by atoms with Crippen molar-refractivity contribution in [3.8, 4) is 0 Å². The molecule has 3 N–H and O–H groups in total. The van der Waals surface area contributed by atoms with E-state index in [9.17, 15) is 27.9 Å². The molecule has 0 aromatic carbocycles. The Hall–Kier alpha value is -3.36. The zero-order chi connectivity index (χ0) is 26.0. The van der Waals surface area contributed by atoms with E-state index in [1.807, 2.05) is 4.90 Å². The minimum absolute atomic E-state index is 0.105. The molecule has 2 atom stereocenters. The molecule has 0 aliphatic carbocycles. The maximum atomic E-state index is 13.0. The summed E-state index contributed by atoms with van der Waals surface area (Å²) in [7, 11) is 0. The third kappa shape index (κ3) is 5.88. The van der Waals surface area contributed by atoms with E-state index >= 15 is 0 Å². The minimum Gasteiger partial charge on any atom is -0.391 e. The van der Waals surface area contributed by atoms with Crippen LogP contribution in [0.1, 0.15) is 50.1 Å². The summed E-state index contributed by atoms with van der Waals surface area (Å²) >= 11 is 6.51. The maximum absolute atomic E-state index is 13.0. The predicted molar refractivity (Wildman–Crippen MR) is 125 cm³/mol. The van der Waals surface area contributed by atoms with Crippen molar-refractivity contribution in [2.75, 3.05) is 23.3 Å². The Labute approximate surface area is 211 Å². The van der Waals surface area contributed by atoms with E-state index in [0.29, 0.717) is 36.4 Å². The molecule has 1 aliphatic rings. The molecule has 1 saturated heterocycles. The number of anilines is 2. The second kappa shape index (κ2) is 10.3. The first kappa shape index (κ1) is 25.7. The first-order chi connectivity index (χ1) is 17.0. The van der Waals surface area contributed by atoms with Crippen molar-refractivity contribution in [3.05, 3.63) is 57.0 Å². The van der Waals surface area contributed by atoms with Gasteiger partial charge in [0.05, 0.1) is 28.9 Å². The zero-order valence-corrected chi connectivity index (χ0v) is 20.2. The molecule has 3 aromatic rings. The molecule has 0 bridgehead atoms. The van der Waals surface area contributed by atoms with Gasteiger partial charge in [0.2, 0.25) is 0 Å². The van der Waals surface area contributed by atoms with Crippen molar-refractivity contribution in [2.24, 2.45) is 0 Å². The summed E-state index contributed by atoms with van der Waals surface area (Å²) in [4.78, 5) is 43.2. The molecule has 4 rings (SSSR count). The van der Waals surface area contributed by atoms with E-state index in [1.54, 1.807) is 6.92 Å². The fourth-order valence-electron chi connectivity index (χ4n) is 3.42. The van der Waals surface area contributed by atoms with Crippen molar-refractivity contribution in [1.29, 1.82) is 0 Å². The van der Waals surface area contributed by atoms with Crippen LogP contribution >= 0.6 is 22.9 Å². The van der Waals surface area contributed by atoms with Gasteiger partial charge in [0.25, 0.3) is 11.8 Å². The van der Waals surface area contributed by atoms with E-state index in [0.717, 1.165) is 17.5 Å². The van der Waals surface area contributed by atoms with Crippen LogP contribution in [0, 0.1) is 0 Å². The topological polar surface area (TPSA) is 133 Å². The van der Waals surface area contributed by atoms with Gasteiger partial charge in [-0.05, 0) is 19.4 Å². The van der Waals surface area contributed by atoms with Crippen LogP contribution in [0.4, 0.5) is 24.8 Å². The molecule has 0 radical (unpaired) electrons. The lowest BCUT2D eigenvalue weighted by atomic mass is 10.2. The fraction of sp³-hybridized carbons (Fsp3) is 0.333. The smallest absolute Gasteiger partial charge is 0.391 e. The second-order valence-corrected chi connectivity index (χ2v) is 9.38. The highest BCUT2D eigenvalue weighted by molar-refractivity contribution is 7.13. The highest BCUT2D eigenvalue weighted by atomic mass is 35.5. The molecule has 3 aromatic heterocycles. The number of β-amino-alcohol motifs (C(OH)–C–C–N with tert-alkyl or cyclic N) is 1. The number of thiazole rings is 1. The van der Waals surface area contributed by atoms with Gasteiger partial charge in [-0.25, -0.2) is 19.9 Å². The Morgan fingerprint density at radius 2 is 1.97 bits per heavy atom. The van der Waals surface area contributed by atoms with Crippen LogP contribution < -0.4 is 15.5 Å². The lowest BCUT2D eigenvalue weighted by molar-refractivity contribution is -0.137. The Kier molecular flexibility index (Phi) is 7.38. The maximum Gasteiger partial charge on any atom is 0.418 e. The molecule has 2 amide bonds. The molecular weight excluding hydrogens is 523 g/mol. The van der Waals surface area contributed by atoms with Crippen molar-refractivity contribution in [1.82, 2.24) is 25.3 Å². The number of nitrogens with zero attached hydrogens (tertiary/aromatic N) is 5. The van der Waals surface area contributed by atoms with Crippen molar-refractivity contribution in [3.63, 3.8) is 0 Å². The fourth-order valence-corrected chi connectivity index (χ4v) is 4.45. The Morgan fingerprint density at radius 3 is 2.67 bits per heavy atom. The molecule has 1 fully saturated rings. The second-order valence-electron chi connectivity index (χ2n) is 7.91. The number of hydrogen-bond acceptors (Lipinski definition) is 9. The van der Waals surface area contributed by atoms with E-state index < -0.39 is 40.7 Å². The van der Waals surface area contributed by atoms with E-state index in [-0.39, 0.29) is 16.4 Å². The Bertz CT molecular complexity index is 1290. The van der Waals surface area contributed by atoms with Crippen LogP contribution in [0.25, 0.3) is 0 Å². The molecule has 4 heterocycles. The molecule has 10 nitrogen and oxygen atoms in total. The number of nitrogens with one attached hydrogen (secondary N) is 2. The largest absolute Gasteiger partial charge is 0.418 e. The highest BCUT2D eigenvalue weighted by Crippen LogP contribution is 2.35. The van der Waals surface area contributed by atoms with E-state index in [4.69, 9.17) is 11.6 Å². The zero-order valence-electron chi connectivity index (χ0n) is 18.6. The molecule has 2 unspecified atom stereocenters. The number of aliphatic hydroxyl groups is 1. The van der Waals surface area contributed by atoms with Gasteiger partial charge in [-0.3, -0.25) is 9.59 Å². The number of amides is 2. The lowest BCUT2D eigenvalue weighted by Gasteiger charge is -2.17. The van der Waals surface area contributed by atoms with Crippen LogP contribution in [0.15, 0.2) is 30.9 Å². The summed E-state index contributed by atoms with van der Waals surface area (Å²) in [5.74, 6) is -0.999. The van der Waals surface area contributed by atoms with Gasteiger partial charge in [-0.2, -0.15) is 13.2 Å². The van der Waals surface area contributed by atoms with Crippen molar-refractivity contribution < 1.29 is 27.9 Å². The summed E-state index contributed by atoms with van der Waals surface area (Å²) in [5.41, 5.74) is -0.998. The predicted octanol–water partition coefficient (Wildman–Crippen LogP) is 3.31. The lowest BCUT2D eigenvalue weighted by Crippen LogP contribution is -2.28. The van der Waals surface area contributed by atoms with Gasteiger partial charge in [0, 0.05) is 25.4 Å². The van der Waals surface area contributed by atoms with Crippen molar-refractivity contribution >= 4 is 46.4 Å². The normalized spacial score (nSPS) is 16.6. The molecule has 0 saturated carbocycles. The van der Waals surface area contributed by atoms with Gasteiger partial charge in [0.1, 0.15) is 33.5 Å². The number of hydrogen-bond donors (Lipinski definition) is 3. The number of carbonyl (C=O) groups excluding carboxylic acids is 2. The van der Waals surface area contributed by atoms with E-state index in [2.05, 4.69) is 30.6 Å². The quantitative estimate of drug-likeness (QED) is 0.433. The number of aliphatic hydroxyl groups excluding tert-OH is 1. The van der Waals surface area contributed by atoms with Gasteiger partial charge in [0.15, 0.2) is 0 Å². The Morgan fingerprint density at radius 1 is 1.19 bits per heavy atom. The number of pyridine rings is 1. The Balaban J connectivity index is 1.40. The number of halogens is 4. The average molecular weight is 542 g/mol. The standard InChI is InChI=1S/C21H19ClF3N7O3S/c1-10(30-18(34)14-5-17(29-9-28-14)32-3-2-11(33)8-32)20-27-7-15(36-20)19(35)31-16-4-12(21(23,24)25)13(22)6-26-16/h4-7,9-11,33H,2-3,8H2,1H3,(H,30,34)(H,26,31,35). The SMILES string of the molecule is CC(NC(=O)c1cc(N2CCC(O)C2)ncn1)c1ncc(C(=O)Nc2cc(C(F)(F)F)c(Cl)cn2)s1. The molecule has 190 valence electrons. The number of aromatic nitrogens is 4. The summed E-state index contributed by atoms with van der Waals surface area (Å²) in [6.07, 6.45) is -1.22. The molecule has 15 heteroatoms. The first-order valence-electron chi connectivity index (χ1n) is 10.6. The molecule has 36 heavy (non-hydrogen) atoms. The number of alkyl halides is 3. The van der Waals surface area contributed by atoms with Gasteiger partial charge in [-0.1, -0.05) is 11.6 Å². The third-order valence-electron chi connectivity index (χ3n) is 5.24. The van der Waals surface area contributed by atoms with Crippen LogP contribution in [-0.2, 0) is 6.18 Å². The van der Waals surface area contributed by atoms with Gasteiger partial charge >= 0.3 is 6.18 Å². The summed E-state index contributed by atoms with van der Waals surface area (Å²) in [6, 6.07) is 1.57. The average Bonchev–Trinajstić information content (AvgIpc) is 3.49. The monoisotopic (exact) mass is 541 g/mol. The summed E-state index contributed by atoms with van der Waals surface area (Å²) in [6.45, 7) is 2.69. The van der Waals surface area contributed by atoms with Crippen LogP contribution in [0.2, 0.25) is 5.02 Å². The number of carbonyl (C=O) groups is 2. The van der Waals surface area contributed by atoms with Gasteiger partial charge < -0.3 is 20.6 Å². The molecule has 0 spiro atoms. The van der Waals surface area contributed by atoms with Crippen molar-refractivity contribution in [2.45, 2.75) is 31.7 Å². The summed E-state index contributed by atoms with van der Waals surface area (Å²) < 4.78 is 39.1. The summed E-state index contributed by atoms with van der Waals surface area (Å²) in [5, 5.41) is 14.5. The van der Waals surface area contributed by atoms with E-state index in [1.165, 1.54) is 18.6 Å². The highest BCUT2D eigenvalue weighted by Gasteiger charge is 2.34.